The Morgan fingerprint density at radius 1 is 0.842 bits per heavy atom. The van der Waals surface area contributed by atoms with E-state index in [2.05, 4.69) is 19.1 Å². The monoisotopic (exact) mass is 262 g/mol. The van der Waals surface area contributed by atoms with E-state index in [-0.39, 0.29) is 11.5 Å². The van der Waals surface area contributed by atoms with Crippen molar-refractivity contribution in [3.05, 3.63) is 35.9 Å². The fourth-order valence-corrected chi connectivity index (χ4v) is 2.15. The molecule has 106 valence electrons. The topological polar surface area (TPSA) is 40.5 Å². The Morgan fingerprint density at radius 2 is 1.47 bits per heavy atom. The Kier molecular flexibility index (Phi) is 7.80. The number of allylic oxidation sites excluding steroid dienone is 2. The van der Waals surface area contributed by atoms with Gasteiger partial charge in [-0.2, -0.15) is 0 Å². The van der Waals surface area contributed by atoms with Gasteiger partial charge in [0.25, 0.3) is 0 Å². The third kappa shape index (κ3) is 7.55. The number of unbranched alkanes of at least 4 members (excludes halogenated alkanes) is 5. The molecule has 2 N–H and O–H groups in total. The minimum Gasteiger partial charge on any atom is -0.508 e. The summed E-state index contributed by atoms with van der Waals surface area (Å²) in [4.78, 5) is 0. The summed E-state index contributed by atoms with van der Waals surface area (Å²) in [5.41, 5.74) is 0.977. The molecule has 0 amide bonds. The first-order valence-electron chi connectivity index (χ1n) is 7.39. The molecule has 1 aromatic carbocycles. The van der Waals surface area contributed by atoms with Gasteiger partial charge in [-0.1, -0.05) is 44.8 Å². The zero-order valence-corrected chi connectivity index (χ0v) is 11.9. The number of hydrogen-bond acceptors (Lipinski definition) is 2. The van der Waals surface area contributed by atoms with Crippen LogP contribution in [0, 0.1) is 0 Å². The number of phenolic OH excluding ortho intramolecular Hbond substituents is 2. The highest BCUT2D eigenvalue weighted by Gasteiger charge is 1.97. The summed E-state index contributed by atoms with van der Waals surface area (Å²) in [6.07, 6.45) is 14.0. The van der Waals surface area contributed by atoms with Crippen LogP contribution in [0.15, 0.2) is 30.4 Å². The lowest BCUT2D eigenvalue weighted by atomic mass is 10.1. The van der Waals surface area contributed by atoms with Crippen LogP contribution in [0.4, 0.5) is 0 Å². The largest absolute Gasteiger partial charge is 0.508 e. The van der Waals surface area contributed by atoms with Crippen molar-refractivity contribution in [2.75, 3.05) is 0 Å². The summed E-state index contributed by atoms with van der Waals surface area (Å²) in [6, 6.07) is 4.77. The fraction of sp³-hybridized carbons (Fsp3) is 0.529. The van der Waals surface area contributed by atoms with Crippen molar-refractivity contribution in [2.45, 2.75) is 58.3 Å². The maximum atomic E-state index is 9.36. The first-order chi connectivity index (χ1) is 9.22. The van der Waals surface area contributed by atoms with Crippen LogP contribution in [0.5, 0.6) is 11.5 Å². The van der Waals surface area contributed by atoms with Gasteiger partial charge in [0.05, 0.1) is 0 Å². The Bertz CT molecular complexity index is 363. The van der Waals surface area contributed by atoms with Crippen LogP contribution in [0.3, 0.4) is 0 Å². The lowest BCUT2D eigenvalue weighted by Gasteiger charge is -2.01. The molecule has 0 radical (unpaired) electrons. The zero-order valence-electron chi connectivity index (χ0n) is 11.9. The maximum Gasteiger partial charge on any atom is 0.119 e. The summed E-state index contributed by atoms with van der Waals surface area (Å²) < 4.78 is 0. The molecule has 0 unspecified atom stereocenters. The summed E-state index contributed by atoms with van der Waals surface area (Å²) in [6.45, 7) is 2.24. The molecule has 0 saturated carbocycles. The average molecular weight is 262 g/mol. The van der Waals surface area contributed by atoms with Gasteiger partial charge < -0.3 is 10.2 Å². The first kappa shape index (κ1) is 15.6. The van der Waals surface area contributed by atoms with Crippen molar-refractivity contribution in [3.63, 3.8) is 0 Å². The SMILES string of the molecule is CCCCCCCC=CCCc1cc(O)cc(O)c1. The molecule has 0 aromatic heterocycles. The first-order valence-corrected chi connectivity index (χ1v) is 7.39. The molecule has 1 rings (SSSR count). The second-order valence-corrected chi connectivity index (χ2v) is 5.07. The summed E-state index contributed by atoms with van der Waals surface area (Å²) in [5, 5.41) is 18.7. The molecule has 19 heavy (non-hydrogen) atoms. The molecule has 0 atom stereocenters. The van der Waals surface area contributed by atoms with Gasteiger partial charge in [-0.3, -0.25) is 0 Å². The van der Waals surface area contributed by atoms with Crippen molar-refractivity contribution in [2.24, 2.45) is 0 Å². The van der Waals surface area contributed by atoms with Crippen molar-refractivity contribution < 1.29 is 10.2 Å². The number of phenols is 2. The molecule has 0 saturated heterocycles. The fourth-order valence-electron chi connectivity index (χ4n) is 2.15. The molecule has 0 aliphatic rings. The quantitative estimate of drug-likeness (QED) is 0.488. The molecule has 0 fully saturated rings. The van der Waals surface area contributed by atoms with Crippen molar-refractivity contribution >= 4 is 0 Å². The highest BCUT2D eigenvalue weighted by atomic mass is 16.3. The third-order valence-corrected chi connectivity index (χ3v) is 3.20. The van der Waals surface area contributed by atoms with Crippen molar-refractivity contribution in [1.82, 2.24) is 0 Å². The van der Waals surface area contributed by atoms with Gasteiger partial charge in [0.2, 0.25) is 0 Å². The van der Waals surface area contributed by atoms with Crippen LogP contribution in [-0.4, -0.2) is 10.2 Å². The molecular weight excluding hydrogens is 236 g/mol. The minimum absolute atomic E-state index is 0.134. The van der Waals surface area contributed by atoms with Gasteiger partial charge in [0.1, 0.15) is 11.5 Å². The zero-order chi connectivity index (χ0) is 13.9. The summed E-state index contributed by atoms with van der Waals surface area (Å²) in [7, 11) is 0. The van der Waals surface area contributed by atoms with Crippen molar-refractivity contribution in [3.8, 4) is 11.5 Å². The van der Waals surface area contributed by atoms with E-state index < -0.39 is 0 Å². The lowest BCUT2D eigenvalue weighted by molar-refractivity contribution is 0.449. The summed E-state index contributed by atoms with van der Waals surface area (Å²) >= 11 is 0. The van der Waals surface area contributed by atoms with Gasteiger partial charge in [0.15, 0.2) is 0 Å². The predicted octanol–water partition coefficient (Wildman–Crippen LogP) is 4.95. The van der Waals surface area contributed by atoms with Crippen LogP contribution < -0.4 is 0 Å². The second kappa shape index (κ2) is 9.48. The third-order valence-electron chi connectivity index (χ3n) is 3.20. The predicted molar refractivity (Wildman–Crippen MR) is 80.6 cm³/mol. The normalized spacial score (nSPS) is 11.2. The maximum absolute atomic E-state index is 9.36. The average Bonchev–Trinajstić information content (AvgIpc) is 2.36. The second-order valence-electron chi connectivity index (χ2n) is 5.07. The van der Waals surface area contributed by atoms with Crippen molar-refractivity contribution in [1.29, 1.82) is 0 Å². The molecule has 0 bridgehead atoms. The van der Waals surface area contributed by atoms with Gasteiger partial charge in [-0.15, -0.1) is 0 Å². The molecule has 0 heterocycles. The highest BCUT2D eigenvalue weighted by molar-refractivity contribution is 5.36. The van der Waals surface area contributed by atoms with E-state index in [9.17, 15) is 10.2 Å². The number of aromatic hydroxyl groups is 2. The van der Waals surface area contributed by atoms with E-state index >= 15 is 0 Å². The number of hydrogen-bond donors (Lipinski definition) is 2. The molecule has 1 aromatic rings. The van der Waals surface area contributed by atoms with E-state index in [1.807, 2.05) is 0 Å². The molecule has 0 aliphatic carbocycles. The molecular formula is C17H26O2. The number of aryl methyl sites for hydroxylation is 1. The number of benzene rings is 1. The number of rotatable bonds is 9. The van der Waals surface area contributed by atoms with Gasteiger partial charge in [-0.25, -0.2) is 0 Å². The van der Waals surface area contributed by atoms with Crippen LogP contribution in [0.25, 0.3) is 0 Å². The molecule has 0 aliphatic heterocycles. The molecule has 2 heteroatoms. The van der Waals surface area contributed by atoms with Gasteiger partial charge >= 0.3 is 0 Å². The highest BCUT2D eigenvalue weighted by Crippen LogP contribution is 2.21. The van der Waals surface area contributed by atoms with E-state index in [1.165, 1.54) is 38.2 Å². The Labute approximate surface area is 116 Å². The Balaban J connectivity index is 2.12. The Hall–Kier alpha value is -1.44. The van der Waals surface area contributed by atoms with Gasteiger partial charge in [0, 0.05) is 6.07 Å². The van der Waals surface area contributed by atoms with E-state index in [0.717, 1.165) is 24.8 Å². The van der Waals surface area contributed by atoms with Crippen LogP contribution in [0.2, 0.25) is 0 Å². The smallest absolute Gasteiger partial charge is 0.119 e. The van der Waals surface area contributed by atoms with Gasteiger partial charge in [-0.05, 0) is 43.4 Å². The lowest BCUT2D eigenvalue weighted by Crippen LogP contribution is -1.83. The van der Waals surface area contributed by atoms with Crippen LogP contribution in [0.1, 0.15) is 57.4 Å². The van der Waals surface area contributed by atoms with Crippen LogP contribution in [-0.2, 0) is 6.42 Å². The summed E-state index contributed by atoms with van der Waals surface area (Å²) in [5.74, 6) is 0.268. The van der Waals surface area contributed by atoms with E-state index in [0.29, 0.717) is 0 Å². The molecule has 2 nitrogen and oxygen atoms in total. The van der Waals surface area contributed by atoms with E-state index in [4.69, 9.17) is 0 Å². The molecule has 0 spiro atoms. The van der Waals surface area contributed by atoms with Crippen LogP contribution >= 0.6 is 0 Å². The standard InChI is InChI=1S/C17H26O2/c1-2-3-4-5-6-7-8-9-10-11-15-12-16(18)14-17(19)13-15/h8-9,12-14,18-19H,2-7,10-11H2,1H3. The van der Waals surface area contributed by atoms with E-state index in [1.54, 1.807) is 12.1 Å². The Morgan fingerprint density at radius 3 is 2.16 bits per heavy atom. The minimum atomic E-state index is 0.134.